The molecular formula is C11H11ClO3. The fraction of sp³-hybridized carbons (Fsp3) is 0.364. The third kappa shape index (κ3) is 2.23. The molecule has 80 valence electrons. The summed E-state index contributed by atoms with van der Waals surface area (Å²) in [5, 5.41) is 9.39. The second kappa shape index (κ2) is 4.11. The summed E-state index contributed by atoms with van der Waals surface area (Å²) in [5.41, 5.74) is 0.952. The number of carbonyl (C=O) groups is 1. The molecule has 0 amide bonds. The molecule has 0 fully saturated rings. The minimum Gasteiger partial charge on any atom is -0.493 e. The van der Waals surface area contributed by atoms with Crippen molar-refractivity contribution in [2.24, 2.45) is 0 Å². The van der Waals surface area contributed by atoms with E-state index in [0.717, 1.165) is 17.7 Å². The van der Waals surface area contributed by atoms with Gasteiger partial charge in [0.25, 0.3) is 0 Å². The van der Waals surface area contributed by atoms with Crippen LogP contribution in [-0.4, -0.2) is 17.7 Å². The Kier molecular flexibility index (Phi) is 2.82. The first-order chi connectivity index (χ1) is 7.16. The third-order valence-electron chi connectivity index (χ3n) is 2.56. The zero-order chi connectivity index (χ0) is 10.8. The molecule has 1 aromatic rings. The largest absolute Gasteiger partial charge is 0.493 e. The Bertz CT molecular complexity index is 389. The van der Waals surface area contributed by atoms with Gasteiger partial charge in [-0.05, 0) is 24.1 Å². The maximum atomic E-state index is 10.7. The van der Waals surface area contributed by atoms with Crippen LogP contribution >= 0.6 is 11.6 Å². The van der Waals surface area contributed by atoms with Crippen LogP contribution in [0.4, 0.5) is 0 Å². The molecule has 0 aliphatic carbocycles. The molecular weight excluding hydrogens is 216 g/mol. The molecule has 2 rings (SSSR count). The molecule has 0 saturated carbocycles. The van der Waals surface area contributed by atoms with E-state index in [0.29, 0.717) is 11.6 Å². The monoisotopic (exact) mass is 226 g/mol. The van der Waals surface area contributed by atoms with E-state index in [1.807, 2.05) is 6.07 Å². The molecule has 0 aromatic heterocycles. The molecule has 15 heavy (non-hydrogen) atoms. The molecule has 0 unspecified atom stereocenters. The number of carboxylic acids is 1. The van der Waals surface area contributed by atoms with Crippen LogP contribution in [0.2, 0.25) is 5.02 Å². The Morgan fingerprint density at radius 1 is 1.60 bits per heavy atom. The zero-order valence-corrected chi connectivity index (χ0v) is 8.83. The Morgan fingerprint density at radius 2 is 2.40 bits per heavy atom. The van der Waals surface area contributed by atoms with Gasteiger partial charge in [-0.2, -0.15) is 0 Å². The van der Waals surface area contributed by atoms with Gasteiger partial charge in [-0.15, -0.1) is 0 Å². The van der Waals surface area contributed by atoms with Crippen molar-refractivity contribution in [3.05, 3.63) is 28.8 Å². The lowest BCUT2D eigenvalue weighted by atomic mass is 9.90. The van der Waals surface area contributed by atoms with E-state index in [-0.39, 0.29) is 12.3 Å². The lowest BCUT2D eigenvalue weighted by Crippen LogP contribution is -2.16. The standard InChI is InChI=1S/C11H11ClO3/c12-8-1-2-9-7(5-11(13)14)3-4-15-10(9)6-8/h1-2,6-7H,3-5H2,(H,13,14)/t7-/m0/s1. The maximum absolute atomic E-state index is 10.7. The van der Waals surface area contributed by atoms with Crippen LogP contribution in [-0.2, 0) is 4.79 Å². The number of fused-ring (bicyclic) bond motifs is 1. The highest BCUT2D eigenvalue weighted by Crippen LogP contribution is 2.37. The molecule has 1 aromatic carbocycles. The van der Waals surface area contributed by atoms with E-state index in [2.05, 4.69) is 0 Å². The van der Waals surface area contributed by atoms with Gasteiger partial charge < -0.3 is 9.84 Å². The van der Waals surface area contributed by atoms with Crippen LogP contribution in [0, 0.1) is 0 Å². The molecule has 4 heteroatoms. The lowest BCUT2D eigenvalue weighted by molar-refractivity contribution is -0.137. The van der Waals surface area contributed by atoms with Gasteiger partial charge in [-0.3, -0.25) is 4.79 Å². The van der Waals surface area contributed by atoms with E-state index in [9.17, 15) is 4.79 Å². The van der Waals surface area contributed by atoms with Crippen LogP contribution in [0.1, 0.15) is 24.3 Å². The van der Waals surface area contributed by atoms with Crippen LogP contribution in [0.5, 0.6) is 5.75 Å². The van der Waals surface area contributed by atoms with Crippen molar-refractivity contribution < 1.29 is 14.6 Å². The van der Waals surface area contributed by atoms with Gasteiger partial charge in [-0.25, -0.2) is 0 Å². The fourth-order valence-electron chi connectivity index (χ4n) is 1.86. The van der Waals surface area contributed by atoms with Crippen molar-refractivity contribution in [3.63, 3.8) is 0 Å². The van der Waals surface area contributed by atoms with E-state index < -0.39 is 5.97 Å². The maximum Gasteiger partial charge on any atom is 0.303 e. The van der Waals surface area contributed by atoms with Crippen molar-refractivity contribution in [2.45, 2.75) is 18.8 Å². The van der Waals surface area contributed by atoms with Gasteiger partial charge >= 0.3 is 5.97 Å². The number of hydrogen-bond donors (Lipinski definition) is 1. The summed E-state index contributed by atoms with van der Waals surface area (Å²) < 4.78 is 5.44. The number of carboxylic acid groups (broad SMARTS) is 1. The molecule has 0 radical (unpaired) electrons. The number of benzene rings is 1. The molecule has 1 atom stereocenters. The first kappa shape index (κ1) is 10.3. The second-order valence-corrected chi connectivity index (χ2v) is 4.05. The van der Waals surface area contributed by atoms with E-state index in [1.165, 1.54) is 0 Å². The van der Waals surface area contributed by atoms with Crippen molar-refractivity contribution in [3.8, 4) is 5.75 Å². The summed E-state index contributed by atoms with van der Waals surface area (Å²) in [4.78, 5) is 10.7. The molecule has 3 nitrogen and oxygen atoms in total. The van der Waals surface area contributed by atoms with Gasteiger partial charge in [0.05, 0.1) is 13.0 Å². The highest BCUT2D eigenvalue weighted by Gasteiger charge is 2.23. The summed E-state index contributed by atoms with van der Waals surface area (Å²) >= 11 is 5.83. The molecule has 1 N–H and O–H groups in total. The number of hydrogen-bond acceptors (Lipinski definition) is 2. The average molecular weight is 227 g/mol. The topological polar surface area (TPSA) is 46.5 Å². The lowest BCUT2D eigenvalue weighted by Gasteiger charge is -2.24. The fourth-order valence-corrected chi connectivity index (χ4v) is 2.02. The van der Waals surface area contributed by atoms with Crippen LogP contribution in [0.25, 0.3) is 0 Å². The van der Waals surface area contributed by atoms with Crippen molar-refractivity contribution in [1.29, 1.82) is 0 Å². The van der Waals surface area contributed by atoms with Gasteiger partial charge in [0.15, 0.2) is 0 Å². The number of aliphatic carboxylic acids is 1. The Labute approximate surface area is 92.6 Å². The molecule has 1 heterocycles. The van der Waals surface area contributed by atoms with E-state index in [4.69, 9.17) is 21.4 Å². The average Bonchev–Trinajstić information content (AvgIpc) is 2.16. The third-order valence-corrected chi connectivity index (χ3v) is 2.80. The first-order valence-corrected chi connectivity index (χ1v) is 5.18. The summed E-state index contributed by atoms with van der Waals surface area (Å²) in [5.74, 6) is -0.00804. The summed E-state index contributed by atoms with van der Waals surface area (Å²) in [6.45, 7) is 0.561. The molecule has 1 aliphatic rings. The van der Waals surface area contributed by atoms with Crippen molar-refractivity contribution in [1.82, 2.24) is 0 Å². The number of ether oxygens (including phenoxy) is 1. The predicted octanol–water partition coefficient (Wildman–Crippen LogP) is 2.68. The van der Waals surface area contributed by atoms with E-state index in [1.54, 1.807) is 12.1 Å². The summed E-state index contributed by atoms with van der Waals surface area (Å²) in [6, 6.07) is 5.36. The van der Waals surface area contributed by atoms with Crippen molar-refractivity contribution >= 4 is 17.6 Å². The highest BCUT2D eigenvalue weighted by molar-refractivity contribution is 6.30. The zero-order valence-electron chi connectivity index (χ0n) is 8.07. The predicted molar refractivity (Wildman–Crippen MR) is 56.6 cm³/mol. The van der Waals surface area contributed by atoms with Gasteiger partial charge in [0, 0.05) is 10.9 Å². The van der Waals surface area contributed by atoms with Crippen LogP contribution in [0.3, 0.4) is 0 Å². The highest BCUT2D eigenvalue weighted by atomic mass is 35.5. The summed E-state index contributed by atoms with van der Waals surface area (Å²) in [6.07, 6.45) is 0.902. The Morgan fingerprint density at radius 3 is 3.13 bits per heavy atom. The first-order valence-electron chi connectivity index (χ1n) is 4.81. The van der Waals surface area contributed by atoms with Gasteiger partial charge in [-0.1, -0.05) is 17.7 Å². The van der Waals surface area contributed by atoms with Crippen LogP contribution in [0.15, 0.2) is 18.2 Å². The number of rotatable bonds is 2. The second-order valence-electron chi connectivity index (χ2n) is 3.61. The molecule has 0 bridgehead atoms. The molecule has 1 aliphatic heterocycles. The summed E-state index contributed by atoms with van der Waals surface area (Å²) in [7, 11) is 0. The Balaban J connectivity index is 2.30. The smallest absolute Gasteiger partial charge is 0.303 e. The van der Waals surface area contributed by atoms with E-state index >= 15 is 0 Å². The van der Waals surface area contributed by atoms with Crippen molar-refractivity contribution in [2.75, 3.05) is 6.61 Å². The molecule has 0 saturated heterocycles. The van der Waals surface area contributed by atoms with Gasteiger partial charge in [0.2, 0.25) is 0 Å². The SMILES string of the molecule is O=C(O)C[C@@H]1CCOc2cc(Cl)ccc21. The van der Waals surface area contributed by atoms with Crippen LogP contribution < -0.4 is 4.74 Å². The minimum absolute atomic E-state index is 0.0449. The molecule has 0 spiro atoms. The Hall–Kier alpha value is -1.22. The van der Waals surface area contributed by atoms with Gasteiger partial charge in [0.1, 0.15) is 5.75 Å². The normalized spacial score (nSPS) is 19.1. The quantitative estimate of drug-likeness (QED) is 0.844. The number of halogens is 1. The minimum atomic E-state index is -0.775.